The average Bonchev–Trinajstić information content (AvgIpc) is 2.36. The molecule has 98 valence electrons. The van der Waals surface area contributed by atoms with Crippen LogP contribution in [0.3, 0.4) is 0 Å². The molecule has 2 rings (SSSR count). The van der Waals surface area contributed by atoms with E-state index in [4.69, 9.17) is 23.2 Å². The number of rotatable bonds is 3. The van der Waals surface area contributed by atoms with E-state index in [-0.39, 0.29) is 18.1 Å². The molecule has 2 aromatic carbocycles. The third-order valence-corrected chi connectivity index (χ3v) is 3.07. The number of phenolic OH excluding ortho intramolecular Hbond substituents is 1. The zero-order valence-corrected chi connectivity index (χ0v) is 11.4. The lowest BCUT2D eigenvalue weighted by atomic mass is 10.1. The minimum atomic E-state index is -0.185. The average molecular weight is 296 g/mol. The minimum absolute atomic E-state index is 0.0562. The van der Waals surface area contributed by atoms with E-state index in [1.165, 1.54) is 12.1 Å². The minimum Gasteiger partial charge on any atom is -0.508 e. The summed E-state index contributed by atoms with van der Waals surface area (Å²) in [6.07, 6.45) is 0.231. The van der Waals surface area contributed by atoms with E-state index in [0.29, 0.717) is 15.7 Å². The van der Waals surface area contributed by atoms with Crippen molar-refractivity contribution in [2.45, 2.75) is 6.42 Å². The van der Waals surface area contributed by atoms with Crippen LogP contribution in [0.4, 0.5) is 5.69 Å². The quantitative estimate of drug-likeness (QED) is 0.844. The molecule has 0 aliphatic rings. The number of amides is 1. The topological polar surface area (TPSA) is 49.3 Å². The van der Waals surface area contributed by atoms with Gasteiger partial charge in [0.05, 0.1) is 17.1 Å². The number of phenols is 1. The molecule has 5 heteroatoms. The van der Waals surface area contributed by atoms with Gasteiger partial charge in [0.25, 0.3) is 0 Å². The van der Waals surface area contributed by atoms with E-state index in [0.717, 1.165) is 5.56 Å². The predicted molar refractivity (Wildman–Crippen MR) is 76.9 cm³/mol. The second kappa shape index (κ2) is 5.95. The molecular formula is C14H11Cl2NO2. The summed E-state index contributed by atoms with van der Waals surface area (Å²) < 4.78 is 0. The number of benzene rings is 2. The van der Waals surface area contributed by atoms with E-state index >= 15 is 0 Å². The second-order valence-corrected chi connectivity index (χ2v) is 4.86. The molecule has 0 spiro atoms. The molecule has 2 N–H and O–H groups in total. The van der Waals surface area contributed by atoms with Gasteiger partial charge in [-0.15, -0.1) is 0 Å². The van der Waals surface area contributed by atoms with Crippen LogP contribution < -0.4 is 5.32 Å². The molecule has 0 aromatic heterocycles. The van der Waals surface area contributed by atoms with Crippen LogP contribution in [0.25, 0.3) is 0 Å². The molecule has 0 aliphatic carbocycles. The molecule has 2 aromatic rings. The molecular weight excluding hydrogens is 285 g/mol. The van der Waals surface area contributed by atoms with Gasteiger partial charge in [0.15, 0.2) is 0 Å². The Balaban J connectivity index is 2.03. The predicted octanol–water partition coefficient (Wildman–Crippen LogP) is 3.88. The molecule has 0 unspecified atom stereocenters. The summed E-state index contributed by atoms with van der Waals surface area (Å²) in [4.78, 5) is 11.8. The zero-order chi connectivity index (χ0) is 13.8. The van der Waals surface area contributed by atoms with Crippen molar-refractivity contribution in [1.82, 2.24) is 0 Å². The lowest BCUT2D eigenvalue weighted by Crippen LogP contribution is -2.14. The van der Waals surface area contributed by atoms with Crippen molar-refractivity contribution in [3.05, 3.63) is 58.1 Å². The van der Waals surface area contributed by atoms with Gasteiger partial charge in [-0.2, -0.15) is 0 Å². The van der Waals surface area contributed by atoms with Gasteiger partial charge in [-0.25, -0.2) is 0 Å². The van der Waals surface area contributed by atoms with Crippen molar-refractivity contribution in [2.24, 2.45) is 0 Å². The maximum atomic E-state index is 11.8. The Hall–Kier alpha value is -1.71. The van der Waals surface area contributed by atoms with E-state index in [1.54, 1.807) is 30.3 Å². The van der Waals surface area contributed by atoms with Gasteiger partial charge in [-0.1, -0.05) is 35.3 Å². The maximum absolute atomic E-state index is 11.8. The first-order valence-corrected chi connectivity index (χ1v) is 6.33. The Morgan fingerprint density at radius 2 is 1.79 bits per heavy atom. The van der Waals surface area contributed by atoms with Gasteiger partial charge in [0, 0.05) is 11.1 Å². The maximum Gasteiger partial charge on any atom is 0.228 e. The van der Waals surface area contributed by atoms with Crippen molar-refractivity contribution in [1.29, 1.82) is 0 Å². The normalized spacial score (nSPS) is 10.2. The molecule has 0 saturated heterocycles. The molecule has 1 amide bonds. The summed E-state index contributed by atoms with van der Waals surface area (Å²) in [5.74, 6) is -0.129. The van der Waals surface area contributed by atoms with Gasteiger partial charge < -0.3 is 10.4 Å². The molecule has 0 radical (unpaired) electrons. The molecule has 19 heavy (non-hydrogen) atoms. The Morgan fingerprint density at radius 1 is 1.11 bits per heavy atom. The van der Waals surface area contributed by atoms with Crippen LogP contribution in [-0.4, -0.2) is 11.0 Å². The highest BCUT2D eigenvalue weighted by Gasteiger charge is 2.07. The SMILES string of the molecule is O=C(Cc1ccc(Cl)cc1)Nc1ccc(O)cc1Cl. The number of anilines is 1. The summed E-state index contributed by atoms with van der Waals surface area (Å²) in [7, 11) is 0. The largest absolute Gasteiger partial charge is 0.508 e. The fraction of sp³-hybridized carbons (Fsp3) is 0.0714. The van der Waals surface area contributed by atoms with Crippen LogP contribution in [0.2, 0.25) is 10.0 Å². The number of nitrogens with one attached hydrogen (secondary N) is 1. The van der Waals surface area contributed by atoms with Crippen LogP contribution in [0.5, 0.6) is 5.75 Å². The smallest absolute Gasteiger partial charge is 0.228 e. The Morgan fingerprint density at radius 3 is 2.42 bits per heavy atom. The van der Waals surface area contributed by atoms with E-state index in [1.807, 2.05) is 0 Å². The number of aromatic hydroxyl groups is 1. The summed E-state index contributed by atoms with van der Waals surface area (Å²) in [5, 5.41) is 12.8. The van der Waals surface area contributed by atoms with Crippen LogP contribution in [-0.2, 0) is 11.2 Å². The van der Waals surface area contributed by atoms with Gasteiger partial charge in [0.2, 0.25) is 5.91 Å². The van der Waals surface area contributed by atoms with Crippen LogP contribution in [0, 0.1) is 0 Å². The Labute approximate surface area is 120 Å². The number of hydrogen-bond acceptors (Lipinski definition) is 2. The highest BCUT2D eigenvalue weighted by Crippen LogP contribution is 2.26. The van der Waals surface area contributed by atoms with Crippen molar-refractivity contribution < 1.29 is 9.90 Å². The van der Waals surface area contributed by atoms with Gasteiger partial charge in [0.1, 0.15) is 5.75 Å². The number of halogens is 2. The molecule has 0 fully saturated rings. The first-order valence-electron chi connectivity index (χ1n) is 5.57. The van der Waals surface area contributed by atoms with Gasteiger partial charge in [-0.3, -0.25) is 4.79 Å². The van der Waals surface area contributed by atoms with Crippen molar-refractivity contribution in [3.8, 4) is 5.75 Å². The fourth-order valence-electron chi connectivity index (χ4n) is 1.59. The Bertz CT molecular complexity index is 597. The highest BCUT2D eigenvalue weighted by molar-refractivity contribution is 6.33. The number of carbonyl (C=O) groups excluding carboxylic acids is 1. The summed E-state index contributed by atoms with van der Waals surface area (Å²) >= 11 is 11.7. The van der Waals surface area contributed by atoms with Gasteiger partial charge in [-0.05, 0) is 29.8 Å². The summed E-state index contributed by atoms with van der Waals surface area (Å²) in [6, 6.07) is 11.4. The standard InChI is InChI=1S/C14H11Cl2NO2/c15-10-3-1-9(2-4-10)7-14(19)17-13-6-5-11(18)8-12(13)16/h1-6,8,18H,7H2,(H,17,19). The Kier molecular flexibility index (Phi) is 4.30. The summed E-state index contributed by atoms with van der Waals surface area (Å²) in [6.45, 7) is 0. The van der Waals surface area contributed by atoms with Crippen LogP contribution >= 0.6 is 23.2 Å². The first kappa shape index (κ1) is 13.7. The van der Waals surface area contributed by atoms with E-state index < -0.39 is 0 Å². The first-order chi connectivity index (χ1) is 9.04. The third kappa shape index (κ3) is 3.88. The van der Waals surface area contributed by atoms with E-state index in [9.17, 15) is 9.90 Å². The summed E-state index contributed by atoms with van der Waals surface area (Å²) in [5.41, 5.74) is 1.33. The molecule has 0 heterocycles. The van der Waals surface area contributed by atoms with Crippen molar-refractivity contribution >= 4 is 34.8 Å². The lowest BCUT2D eigenvalue weighted by molar-refractivity contribution is -0.115. The lowest BCUT2D eigenvalue weighted by Gasteiger charge is -2.07. The zero-order valence-electron chi connectivity index (χ0n) is 9.86. The molecule has 3 nitrogen and oxygen atoms in total. The molecule has 0 bridgehead atoms. The fourth-order valence-corrected chi connectivity index (χ4v) is 1.94. The van der Waals surface area contributed by atoms with Crippen molar-refractivity contribution in [2.75, 3.05) is 5.32 Å². The van der Waals surface area contributed by atoms with Gasteiger partial charge >= 0.3 is 0 Å². The molecule has 0 aliphatic heterocycles. The van der Waals surface area contributed by atoms with Crippen LogP contribution in [0.1, 0.15) is 5.56 Å². The number of carbonyl (C=O) groups is 1. The van der Waals surface area contributed by atoms with E-state index in [2.05, 4.69) is 5.32 Å². The number of hydrogen-bond donors (Lipinski definition) is 2. The van der Waals surface area contributed by atoms with Crippen molar-refractivity contribution in [3.63, 3.8) is 0 Å². The van der Waals surface area contributed by atoms with Crippen LogP contribution in [0.15, 0.2) is 42.5 Å². The molecule has 0 atom stereocenters. The monoisotopic (exact) mass is 295 g/mol. The highest BCUT2D eigenvalue weighted by atomic mass is 35.5. The molecule has 0 saturated carbocycles. The third-order valence-electron chi connectivity index (χ3n) is 2.50. The second-order valence-electron chi connectivity index (χ2n) is 4.02.